The molecule has 0 saturated carbocycles. The zero-order chi connectivity index (χ0) is 14.3. The van der Waals surface area contributed by atoms with Gasteiger partial charge in [-0.05, 0) is 24.6 Å². The molecule has 104 valence electrons. The molecule has 0 fully saturated rings. The first-order valence-electron chi connectivity index (χ1n) is 5.95. The van der Waals surface area contributed by atoms with E-state index in [-0.39, 0.29) is 12.8 Å². The molecule has 19 heavy (non-hydrogen) atoms. The van der Waals surface area contributed by atoms with E-state index < -0.39 is 11.6 Å². The molecule has 1 aromatic rings. The quantitative estimate of drug-likeness (QED) is 0.543. The van der Waals surface area contributed by atoms with Crippen LogP contribution in [0.4, 0.5) is 0 Å². The number of hydrogen-bond acceptors (Lipinski definition) is 4. The molecule has 0 aliphatic rings. The largest absolute Gasteiger partial charge is 0.497 e. The molecule has 0 atom stereocenters. The summed E-state index contributed by atoms with van der Waals surface area (Å²) in [6.45, 7) is 0. The van der Waals surface area contributed by atoms with E-state index in [2.05, 4.69) is 0 Å². The van der Waals surface area contributed by atoms with Crippen LogP contribution in [0.3, 0.4) is 0 Å². The fourth-order valence-electron chi connectivity index (χ4n) is 1.66. The van der Waals surface area contributed by atoms with Crippen LogP contribution in [0.5, 0.6) is 11.5 Å². The Morgan fingerprint density at radius 3 is 2.47 bits per heavy atom. The number of carbonyl (C=O) groups excluding carboxylic acids is 2. The lowest BCUT2D eigenvalue weighted by Crippen LogP contribution is -2.16. The van der Waals surface area contributed by atoms with Crippen LogP contribution < -0.4 is 9.47 Å². The highest BCUT2D eigenvalue weighted by Gasteiger charge is 2.16. The number of ketones is 2. The first-order chi connectivity index (χ1) is 9.12. The van der Waals surface area contributed by atoms with E-state index in [1.54, 1.807) is 25.3 Å². The summed E-state index contributed by atoms with van der Waals surface area (Å²) < 4.78 is 10.3. The fourth-order valence-corrected chi connectivity index (χ4v) is 1.79. The van der Waals surface area contributed by atoms with Gasteiger partial charge in [0.15, 0.2) is 5.78 Å². The van der Waals surface area contributed by atoms with Crippen molar-refractivity contribution in [1.29, 1.82) is 0 Å². The van der Waals surface area contributed by atoms with Crippen molar-refractivity contribution in [2.75, 3.05) is 20.1 Å². The van der Waals surface area contributed by atoms with Crippen molar-refractivity contribution in [3.63, 3.8) is 0 Å². The summed E-state index contributed by atoms with van der Waals surface area (Å²) in [4.78, 5) is 23.4. The Balaban J connectivity index is 2.79. The topological polar surface area (TPSA) is 52.6 Å². The number of ether oxygens (including phenoxy) is 2. The molecule has 0 aliphatic carbocycles. The van der Waals surface area contributed by atoms with Crippen LogP contribution in [0.15, 0.2) is 18.2 Å². The van der Waals surface area contributed by atoms with Gasteiger partial charge in [-0.3, -0.25) is 9.59 Å². The van der Waals surface area contributed by atoms with Crippen molar-refractivity contribution in [3.8, 4) is 11.5 Å². The Labute approximate surface area is 117 Å². The van der Waals surface area contributed by atoms with Gasteiger partial charge in [-0.15, -0.1) is 11.6 Å². The van der Waals surface area contributed by atoms with E-state index in [4.69, 9.17) is 21.1 Å². The number of alkyl halides is 1. The molecule has 0 amide bonds. The summed E-state index contributed by atoms with van der Waals surface area (Å²) in [7, 11) is 3.06. The highest BCUT2D eigenvalue weighted by atomic mass is 35.5. The van der Waals surface area contributed by atoms with Gasteiger partial charge in [-0.1, -0.05) is 0 Å². The smallest absolute Gasteiger partial charge is 0.202 e. The Kier molecular flexibility index (Phi) is 6.36. The molecule has 5 heteroatoms. The molecule has 0 bridgehead atoms. The van der Waals surface area contributed by atoms with Gasteiger partial charge in [-0.2, -0.15) is 0 Å². The predicted molar refractivity (Wildman–Crippen MR) is 73.2 cm³/mol. The number of Topliss-reactive ketones (excluding diaryl/α,β-unsaturated/α-hetero) is 2. The van der Waals surface area contributed by atoms with Crippen molar-refractivity contribution < 1.29 is 19.1 Å². The average molecular weight is 285 g/mol. The third kappa shape index (κ3) is 4.56. The molecule has 1 aromatic carbocycles. The lowest BCUT2D eigenvalue weighted by atomic mass is 10.0. The van der Waals surface area contributed by atoms with Gasteiger partial charge >= 0.3 is 0 Å². The standard InChI is InChI=1S/C14H17ClO4/c1-18-11-5-6-14(19-2)10(8-11)9-13(17)12(16)4-3-7-15/h5-6,8H,3-4,7,9H2,1-2H3. The molecule has 0 aromatic heterocycles. The Morgan fingerprint density at radius 2 is 1.89 bits per heavy atom. The minimum absolute atomic E-state index is 0.0154. The highest BCUT2D eigenvalue weighted by molar-refractivity contribution is 6.37. The number of carbonyl (C=O) groups is 2. The van der Waals surface area contributed by atoms with E-state index >= 15 is 0 Å². The number of hydrogen-bond donors (Lipinski definition) is 0. The molecule has 0 aliphatic heterocycles. The Bertz CT molecular complexity index is 457. The molecule has 0 radical (unpaired) electrons. The Morgan fingerprint density at radius 1 is 1.16 bits per heavy atom. The SMILES string of the molecule is COc1ccc(OC)c(CC(=O)C(=O)CCCCl)c1. The monoisotopic (exact) mass is 284 g/mol. The maximum absolute atomic E-state index is 11.8. The first kappa shape index (κ1) is 15.5. The van der Waals surface area contributed by atoms with Gasteiger partial charge in [0.25, 0.3) is 0 Å². The normalized spacial score (nSPS) is 10.1. The summed E-state index contributed by atoms with van der Waals surface area (Å²) >= 11 is 5.50. The second-order valence-corrected chi connectivity index (χ2v) is 4.37. The zero-order valence-electron chi connectivity index (χ0n) is 11.1. The third-order valence-corrected chi connectivity index (χ3v) is 2.95. The average Bonchev–Trinajstić information content (AvgIpc) is 2.44. The summed E-state index contributed by atoms with van der Waals surface area (Å²) in [5.41, 5.74) is 0.645. The van der Waals surface area contributed by atoms with E-state index in [1.165, 1.54) is 7.11 Å². The van der Waals surface area contributed by atoms with E-state index in [0.717, 1.165) is 0 Å². The van der Waals surface area contributed by atoms with Crippen LogP contribution in [0.1, 0.15) is 18.4 Å². The minimum Gasteiger partial charge on any atom is -0.497 e. The van der Waals surface area contributed by atoms with Gasteiger partial charge in [0.2, 0.25) is 5.78 Å². The second-order valence-electron chi connectivity index (χ2n) is 3.99. The summed E-state index contributed by atoms with van der Waals surface area (Å²) in [6, 6.07) is 5.15. The zero-order valence-corrected chi connectivity index (χ0v) is 11.8. The van der Waals surface area contributed by atoms with Crippen molar-refractivity contribution in [2.45, 2.75) is 19.3 Å². The highest BCUT2D eigenvalue weighted by Crippen LogP contribution is 2.24. The van der Waals surface area contributed by atoms with E-state index in [0.29, 0.717) is 29.4 Å². The van der Waals surface area contributed by atoms with Gasteiger partial charge < -0.3 is 9.47 Å². The maximum Gasteiger partial charge on any atom is 0.202 e. The summed E-state index contributed by atoms with van der Waals surface area (Å²) in [6.07, 6.45) is 0.720. The fraction of sp³-hybridized carbons (Fsp3) is 0.429. The maximum atomic E-state index is 11.8. The van der Waals surface area contributed by atoms with Crippen LogP contribution in [0.2, 0.25) is 0 Å². The van der Waals surface area contributed by atoms with Crippen LogP contribution in [0.25, 0.3) is 0 Å². The Hall–Kier alpha value is -1.55. The lowest BCUT2D eigenvalue weighted by Gasteiger charge is -2.09. The summed E-state index contributed by atoms with van der Waals surface area (Å²) in [5.74, 6) is 0.736. The number of methoxy groups -OCH3 is 2. The third-order valence-electron chi connectivity index (χ3n) is 2.69. The number of halogens is 1. The molecule has 0 unspecified atom stereocenters. The molecule has 0 saturated heterocycles. The van der Waals surface area contributed by atoms with Crippen LogP contribution in [0, 0.1) is 0 Å². The van der Waals surface area contributed by atoms with E-state index in [1.807, 2.05) is 0 Å². The van der Waals surface area contributed by atoms with E-state index in [9.17, 15) is 9.59 Å². The molecule has 0 spiro atoms. The number of benzene rings is 1. The molecule has 4 nitrogen and oxygen atoms in total. The minimum atomic E-state index is -0.434. The molecule has 0 heterocycles. The summed E-state index contributed by atoms with van der Waals surface area (Å²) in [5, 5.41) is 0. The van der Waals surface area contributed by atoms with Gasteiger partial charge in [0.1, 0.15) is 11.5 Å². The second kappa shape index (κ2) is 7.79. The number of rotatable bonds is 8. The van der Waals surface area contributed by atoms with Crippen LogP contribution in [-0.4, -0.2) is 31.7 Å². The molecular weight excluding hydrogens is 268 g/mol. The van der Waals surface area contributed by atoms with Crippen LogP contribution in [-0.2, 0) is 16.0 Å². The molecule has 1 rings (SSSR count). The predicted octanol–water partition coefficient (Wildman–Crippen LogP) is 2.40. The van der Waals surface area contributed by atoms with Gasteiger partial charge in [0.05, 0.1) is 14.2 Å². The van der Waals surface area contributed by atoms with Crippen LogP contribution >= 0.6 is 11.6 Å². The lowest BCUT2D eigenvalue weighted by molar-refractivity contribution is -0.136. The van der Waals surface area contributed by atoms with Crippen molar-refractivity contribution in [2.24, 2.45) is 0 Å². The molecular formula is C14H17ClO4. The van der Waals surface area contributed by atoms with Crippen molar-refractivity contribution in [3.05, 3.63) is 23.8 Å². The van der Waals surface area contributed by atoms with Gasteiger partial charge in [0, 0.05) is 24.3 Å². The van der Waals surface area contributed by atoms with Gasteiger partial charge in [-0.25, -0.2) is 0 Å². The molecule has 0 N–H and O–H groups in total. The first-order valence-corrected chi connectivity index (χ1v) is 6.48. The van der Waals surface area contributed by atoms with Crippen molar-refractivity contribution >= 4 is 23.2 Å². The van der Waals surface area contributed by atoms with Crippen molar-refractivity contribution in [1.82, 2.24) is 0 Å².